The summed E-state index contributed by atoms with van der Waals surface area (Å²) in [4.78, 5) is 14.2. The molecule has 1 aliphatic rings. The lowest BCUT2D eigenvalue weighted by Gasteiger charge is -2.36. The average molecular weight is 235 g/mol. The minimum Gasteiger partial charge on any atom is -0.336 e. The molecule has 2 nitrogen and oxygen atoms in total. The van der Waals surface area contributed by atoms with Crippen LogP contribution in [0.4, 0.5) is 4.39 Å². The molecule has 0 saturated carbocycles. The lowest BCUT2D eigenvalue weighted by molar-refractivity contribution is 0.0574. The number of halogens is 1. The minimum atomic E-state index is -0.304. The highest BCUT2D eigenvalue weighted by atomic mass is 19.1. The summed E-state index contributed by atoms with van der Waals surface area (Å²) in [5.41, 5.74) is 0.576. The van der Waals surface area contributed by atoms with Gasteiger partial charge < -0.3 is 4.90 Å². The van der Waals surface area contributed by atoms with Crippen molar-refractivity contribution < 1.29 is 9.18 Å². The molecule has 0 bridgehead atoms. The molecule has 1 aromatic carbocycles. The van der Waals surface area contributed by atoms with Crippen molar-refractivity contribution in [3.8, 4) is 0 Å². The largest absolute Gasteiger partial charge is 0.336 e. The first-order chi connectivity index (χ1) is 8.08. The zero-order valence-electron chi connectivity index (χ0n) is 10.3. The number of carbonyl (C=O) groups is 1. The smallest absolute Gasteiger partial charge is 0.254 e. The molecule has 1 amide bonds. The van der Waals surface area contributed by atoms with Crippen molar-refractivity contribution in [1.82, 2.24) is 4.90 Å². The zero-order valence-corrected chi connectivity index (χ0v) is 10.3. The summed E-state index contributed by atoms with van der Waals surface area (Å²) >= 11 is 0. The molecule has 0 aromatic heterocycles. The molecule has 2 atom stereocenters. The van der Waals surface area contributed by atoms with Gasteiger partial charge in [-0.3, -0.25) is 4.79 Å². The van der Waals surface area contributed by atoms with E-state index in [-0.39, 0.29) is 17.8 Å². The molecule has 0 radical (unpaired) electrons. The Kier molecular flexibility index (Phi) is 3.46. The molecule has 0 unspecified atom stereocenters. The van der Waals surface area contributed by atoms with Crippen molar-refractivity contribution in [3.05, 3.63) is 35.6 Å². The second-order valence-corrected chi connectivity index (χ2v) is 5.00. The van der Waals surface area contributed by atoms with E-state index in [0.29, 0.717) is 11.5 Å². The lowest BCUT2D eigenvalue weighted by atomic mass is 9.94. The van der Waals surface area contributed by atoms with E-state index >= 15 is 0 Å². The Balaban J connectivity index is 2.15. The first-order valence-electron chi connectivity index (χ1n) is 6.14. The van der Waals surface area contributed by atoms with Gasteiger partial charge in [0.1, 0.15) is 5.82 Å². The van der Waals surface area contributed by atoms with Crippen LogP contribution in [0.2, 0.25) is 0 Å². The van der Waals surface area contributed by atoms with Crippen LogP contribution in [0.25, 0.3) is 0 Å². The summed E-state index contributed by atoms with van der Waals surface area (Å²) in [7, 11) is 0. The third-order valence-electron chi connectivity index (χ3n) is 3.47. The van der Waals surface area contributed by atoms with E-state index in [1.54, 1.807) is 12.1 Å². The second-order valence-electron chi connectivity index (χ2n) is 5.00. The van der Waals surface area contributed by atoms with E-state index in [0.717, 1.165) is 13.0 Å². The van der Waals surface area contributed by atoms with Crippen molar-refractivity contribution in [2.24, 2.45) is 5.92 Å². The van der Waals surface area contributed by atoms with Crippen molar-refractivity contribution >= 4 is 5.91 Å². The van der Waals surface area contributed by atoms with Gasteiger partial charge in [-0.05, 0) is 49.9 Å². The van der Waals surface area contributed by atoms with Crippen molar-refractivity contribution in [1.29, 1.82) is 0 Å². The maximum absolute atomic E-state index is 12.8. The standard InChI is InChI=1S/C14H18FNO/c1-10-3-4-11(2)16(9-10)14(17)12-5-7-13(15)8-6-12/h5-8,10-11H,3-4,9H2,1-2H3/t10-,11-/m1/s1. The third-order valence-corrected chi connectivity index (χ3v) is 3.47. The number of benzene rings is 1. The molecule has 2 rings (SSSR count). The molecule has 92 valence electrons. The van der Waals surface area contributed by atoms with E-state index in [9.17, 15) is 9.18 Å². The van der Waals surface area contributed by atoms with Gasteiger partial charge in [0.15, 0.2) is 0 Å². The first kappa shape index (κ1) is 12.1. The SMILES string of the molecule is C[C@@H]1CC[C@@H](C)N(C(=O)c2ccc(F)cc2)C1. The van der Waals surface area contributed by atoms with Gasteiger partial charge >= 0.3 is 0 Å². The first-order valence-corrected chi connectivity index (χ1v) is 6.14. The predicted octanol–water partition coefficient (Wildman–Crippen LogP) is 3.09. The van der Waals surface area contributed by atoms with Gasteiger partial charge in [-0.25, -0.2) is 4.39 Å². The fourth-order valence-corrected chi connectivity index (χ4v) is 2.33. The van der Waals surface area contributed by atoms with E-state index in [1.807, 2.05) is 4.90 Å². The van der Waals surface area contributed by atoms with Crippen LogP contribution >= 0.6 is 0 Å². The highest BCUT2D eigenvalue weighted by molar-refractivity contribution is 5.94. The van der Waals surface area contributed by atoms with E-state index in [4.69, 9.17) is 0 Å². The molecular weight excluding hydrogens is 217 g/mol. The van der Waals surface area contributed by atoms with Gasteiger partial charge in [0.2, 0.25) is 0 Å². The fourth-order valence-electron chi connectivity index (χ4n) is 2.33. The predicted molar refractivity (Wildman–Crippen MR) is 65.3 cm³/mol. The van der Waals surface area contributed by atoms with Gasteiger partial charge in [-0.2, -0.15) is 0 Å². The zero-order chi connectivity index (χ0) is 12.4. The molecule has 1 saturated heterocycles. The highest BCUT2D eigenvalue weighted by Gasteiger charge is 2.27. The van der Waals surface area contributed by atoms with Crippen LogP contribution in [0, 0.1) is 11.7 Å². The third kappa shape index (κ3) is 2.65. The van der Waals surface area contributed by atoms with Gasteiger partial charge in [0.25, 0.3) is 5.91 Å². The topological polar surface area (TPSA) is 20.3 Å². The number of hydrogen-bond donors (Lipinski definition) is 0. The Morgan fingerprint density at radius 2 is 1.88 bits per heavy atom. The van der Waals surface area contributed by atoms with Gasteiger partial charge in [-0.1, -0.05) is 6.92 Å². The molecule has 0 aliphatic carbocycles. The Bertz CT molecular complexity index is 401. The van der Waals surface area contributed by atoms with Crippen LogP contribution in [0.15, 0.2) is 24.3 Å². The maximum Gasteiger partial charge on any atom is 0.254 e. The molecule has 1 aromatic rings. The second kappa shape index (κ2) is 4.86. The van der Waals surface area contributed by atoms with Gasteiger partial charge in [0, 0.05) is 18.2 Å². The van der Waals surface area contributed by atoms with E-state index in [1.165, 1.54) is 18.6 Å². The Morgan fingerprint density at radius 1 is 1.24 bits per heavy atom. The van der Waals surface area contributed by atoms with Gasteiger partial charge in [0.05, 0.1) is 0 Å². The molecule has 17 heavy (non-hydrogen) atoms. The van der Waals surface area contributed by atoms with Crippen LogP contribution in [0.1, 0.15) is 37.0 Å². The van der Waals surface area contributed by atoms with Crippen LogP contribution < -0.4 is 0 Å². The normalized spacial score (nSPS) is 24.8. The number of likely N-dealkylation sites (tertiary alicyclic amines) is 1. The average Bonchev–Trinajstić information content (AvgIpc) is 2.32. The molecule has 0 N–H and O–H groups in total. The molecule has 0 spiro atoms. The highest BCUT2D eigenvalue weighted by Crippen LogP contribution is 2.23. The fraction of sp³-hybridized carbons (Fsp3) is 0.500. The van der Waals surface area contributed by atoms with Crippen molar-refractivity contribution in [2.45, 2.75) is 32.7 Å². The monoisotopic (exact) mass is 235 g/mol. The Morgan fingerprint density at radius 3 is 2.53 bits per heavy atom. The summed E-state index contributed by atoms with van der Waals surface area (Å²) in [6, 6.07) is 6.08. The summed E-state index contributed by atoms with van der Waals surface area (Å²) in [5, 5.41) is 0. The number of hydrogen-bond acceptors (Lipinski definition) is 1. The minimum absolute atomic E-state index is 0.0176. The Labute approximate surface area is 101 Å². The molecule has 1 heterocycles. The maximum atomic E-state index is 12.8. The number of piperidine rings is 1. The number of nitrogens with zero attached hydrogens (tertiary/aromatic N) is 1. The van der Waals surface area contributed by atoms with Crippen LogP contribution in [-0.2, 0) is 0 Å². The van der Waals surface area contributed by atoms with Crippen molar-refractivity contribution in [3.63, 3.8) is 0 Å². The van der Waals surface area contributed by atoms with E-state index in [2.05, 4.69) is 13.8 Å². The van der Waals surface area contributed by atoms with E-state index < -0.39 is 0 Å². The lowest BCUT2D eigenvalue weighted by Crippen LogP contribution is -2.44. The summed E-state index contributed by atoms with van der Waals surface area (Å²) in [5.74, 6) is 0.265. The molecule has 3 heteroatoms. The number of amides is 1. The Hall–Kier alpha value is -1.38. The summed E-state index contributed by atoms with van der Waals surface area (Å²) in [6.07, 6.45) is 2.22. The van der Waals surface area contributed by atoms with Crippen LogP contribution in [-0.4, -0.2) is 23.4 Å². The molecular formula is C14H18FNO. The number of carbonyl (C=O) groups excluding carboxylic acids is 1. The van der Waals surface area contributed by atoms with Gasteiger partial charge in [-0.15, -0.1) is 0 Å². The molecule has 1 fully saturated rings. The van der Waals surface area contributed by atoms with Crippen LogP contribution in [0.5, 0.6) is 0 Å². The quantitative estimate of drug-likeness (QED) is 0.732. The van der Waals surface area contributed by atoms with Crippen molar-refractivity contribution in [2.75, 3.05) is 6.54 Å². The summed E-state index contributed by atoms with van der Waals surface area (Å²) < 4.78 is 12.8. The molecule has 1 aliphatic heterocycles. The van der Waals surface area contributed by atoms with Crippen LogP contribution in [0.3, 0.4) is 0 Å². The summed E-state index contributed by atoms with van der Waals surface area (Å²) in [6.45, 7) is 5.04. The number of rotatable bonds is 1.